The number of hydrogen-bond acceptors (Lipinski definition) is 9. The molecule has 0 spiro atoms. The number of amides is 1. The molecule has 1 fully saturated rings. The van der Waals surface area contributed by atoms with Crippen molar-refractivity contribution in [3.05, 3.63) is 54.1 Å². The summed E-state index contributed by atoms with van der Waals surface area (Å²) in [5, 5.41) is 6.14. The fourth-order valence-corrected chi connectivity index (χ4v) is 6.43. The van der Waals surface area contributed by atoms with E-state index in [1.54, 1.807) is 7.11 Å². The number of aromatic nitrogens is 2. The average Bonchev–Trinajstić information content (AvgIpc) is 3.56. The Labute approximate surface area is 228 Å². The second-order valence-corrected chi connectivity index (χ2v) is 11.1. The molecule has 0 atom stereocenters. The van der Waals surface area contributed by atoms with Gasteiger partial charge in [0.15, 0.2) is 5.13 Å². The lowest BCUT2D eigenvalue weighted by atomic mass is 10.1. The van der Waals surface area contributed by atoms with Crippen molar-refractivity contribution in [1.29, 1.82) is 0 Å². The van der Waals surface area contributed by atoms with Gasteiger partial charge in [0.05, 0.1) is 47.4 Å². The Hall–Kier alpha value is -3.31. The van der Waals surface area contributed by atoms with Crippen molar-refractivity contribution in [1.82, 2.24) is 14.9 Å². The normalized spacial score (nSPS) is 14.3. The summed E-state index contributed by atoms with van der Waals surface area (Å²) in [6, 6.07) is 15.8. The molecule has 3 heterocycles. The molecule has 2 aromatic heterocycles. The molecule has 0 radical (unpaired) electrons. The highest BCUT2D eigenvalue weighted by molar-refractivity contribution is 7.25. The number of ether oxygens (including phenoxy) is 3. The van der Waals surface area contributed by atoms with Gasteiger partial charge < -0.3 is 14.2 Å². The van der Waals surface area contributed by atoms with E-state index in [0.717, 1.165) is 76.9 Å². The Bertz CT molecular complexity index is 1590. The number of carbonyl (C=O) groups excluding carboxylic acids is 1. The quantitative estimate of drug-likeness (QED) is 0.233. The summed E-state index contributed by atoms with van der Waals surface area (Å²) in [6.45, 7) is 5.18. The van der Waals surface area contributed by atoms with E-state index in [2.05, 4.69) is 20.2 Å². The van der Waals surface area contributed by atoms with Gasteiger partial charge in [-0.25, -0.2) is 9.97 Å². The molecule has 5 aromatic rings. The van der Waals surface area contributed by atoms with Gasteiger partial charge in [0.2, 0.25) is 0 Å². The fourth-order valence-electron chi connectivity index (χ4n) is 4.62. The minimum absolute atomic E-state index is 0.245. The molecule has 0 bridgehead atoms. The smallest absolute Gasteiger partial charge is 0.274 e. The fraction of sp³-hybridized carbons (Fsp3) is 0.321. The predicted molar refractivity (Wildman–Crippen MR) is 153 cm³/mol. The Kier molecular flexibility index (Phi) is 7.37. The first-order valence-electron chi connectivity index (χ1n) is 12.7. The molecule has 10 heteroatoms. The van der Waals surface area contributed by atoms with Gasteiger partial charge in [-0.2, -0.15) is 0 Å². The van der Waals surface area contributed by atoms with Gasteiger partial charge >= 0.3 is 0 Å². The summed E-state index contributed by atoms with van der Waals surface area (Å²) in [5.41, 5.74) is 2.13. The minimum atomic E-state index is -0.245. The average molecular weight is 549 g/mol. The van der Waals surface area contributed by atoms with E-state index >= 15 is 0 Å². The number of nitrogens with one attached hydrogen (secondary N) is 1. The first-order valence-corrected chi connectivity index (χ1v) is 14.3. The van der Waals surface area contributed by atoms with Gasteiger partial charge in [0.1, 0.15) is 11.3 Å². The lowest BCUT2D eigenvalue weighted by Gasteiger charge is -2.26. The summed E-state index contributed by atoms with van der Waals surface area (Å²) in [4.78, 5) is 25.1. The van der Waals surface area contributed by atoms with Gasteiger partial charge in [-0.3, -0.25) is 15.0 Å². The molecule has 1 aliphatic heterocycles. The number of benzene rings is 3. The molecule has 38 heavy (non-hydrogen) atoms. The zero-order valence-corrected chi connectivity index (χ0v) is 22.7. The molecule has 3 aromatic carbocycles. The third-order valence-electron chi connectivity index (χ3n) is 6.61. The lowest BCUT2D eigenvalue weighted by Crippen LogP contribution is -2.36. The van der Waals surface area contributed by atoms with Gasteiger partial charge in [-0.1, -0.05) is 46.9 Å². The molecule has 1 saturated heterocycles. The van der Waals surface area contributed by atoms with Crippen molar-refractivity contribution in [3.63, 3.8) is 0 Å². The van der Waals surface area contributed by atoms with Crippen molar-refractivity contribution in [2.75, 3.05) is 51.9 Å². The van der Waals surface area contributed by atoms with Crippen LogP contribution in [0.15, 0.2) is 48.5 Å². The molecule has 8 nitrogen and oxygen atoms in total. The zero-order chi connectivity index (χ0) is 25.9. The first-order chi connectivity index (χ1) is 18.7. The maximum absolute atomic E-state index is 13.5. The van der Waals surface area contributed by atoms with Crippen LogP contribution in [0.3, 0.4) is 0 Å². The van der Waals surface area contributed by atoms with Crippen LogP contribution in [0.25, 0.3) is 31.2 Å². The van der Waals surface area contributed by atoms with Crippen LogP contribution in [0.1, 0.15) is 23.2 Å². The van der Waals surface area contributed by atoms with E-state index in [0.29, 0.717) is 28.2 Å². The molecule has 0 aliphatic carbocycles. The minimum Gasteiger partial charge on any atom is -0.493 e. The lowest BCUT2D eigenvalue weighted by molar-refractivity contribution is 0.0368. The van der Waals surface area contributed by atoms with Crippen molar-refractivity contribution in [3.8, 4) is 10.9 Å². The SMILES string of the molecule is COc1nc2c(ccc3nc(NC(=O)c4cc5ccccc5cc4OCCCCN4CCOCC4)sc32)s1. The molecule has 0 saturated carbocycles. The van der Waals surface area contributed by atoms with Gasteiger partial charge in [0.25, 0.3) is 11.1 Å². The van der Waals surface area contributed by atoms with Crippen LogP contribution >= 0.6 is 22.7 Å². The third-order valence-corrected chi connectivity index (χ3v) is 8.59. The zero-order valence-electron chi connectivity index (χ0n) is 21.1. The van der Waals surface area contributed by atoms with Crippen LogP contribution < -0.4 is 14.8 Å². The maximum Gasteiger partial charge on any atom is 0.274 e. The van der Waals surface area contributed by atoms with E-state index in [4.69, 9.17) is 14.2 Å². The number of carbonyl (C=O) groups is 1. The van der Waals surface area contributed by atoms with Gasteiger partial charge in [0, 0.05) is 13.1 Å². The molecule has 196 valence electrons. The number of rotatable bonds is 9. The van der Waals surface area contributed by atoms with Crippen LogP contribution in [-0.2, 0) is 4.74 Å². The molecule has 1 amide bonds. The third kappa shape index (κ3) is 5.30. The van der Waals surface area contributed by atoms with Crippen LogP contribution in [0.5, 0.6) is 10.9 Å². The summed E-state index contributed by atoms with van der Waals surface area (Å²) < 4.78 is 18.9. The van der Waals surface area contributed by atoms with E-state index in [9.17, 15) is 4.79 Å². The highest BCUT2D eigenvalue weighted by Gasteiger charge is 2.18. The maximum atomic E-state index is 13.5. The number of unbranched alkanes of at least 4 members (excludes halogenated alkanes) is 1. The Balaban J connectivity index is 1.20. The van der Waals surface area contributed by atoms with Crippen LogP contribution in [0, 0.1) is 0 Å². The van der Waals surface area contributed by atoms with E-state index < -0.39 is 0 Å². The number of fused-ring (bicyclic) bond motifs is 4. The summed E-state index contributed by atoms with van der Waals surface area (Å²) in [5.74, 6) is 0.338. The monoisotopic (exact) mass is 548 g/mol. The van der Waals surface area contributed by atoms with Crippen LogP contribution in [-0.4, -0.2) is 67.3 Å². The molecular formula is C28H28N4O4S2. The second kappa shape index (κ2) is 11.2. The standard InChI is InChI=1S/C28H28N4O4S2/c1-34-28-30-24-23(37-28)9-8-21-25(24)38-27(29-21)31-26(33)20-16-18-6-2-3-7-19(18)17-22(20)36-13-5-4-10-32-11-14-35-15-12-32/h2-3,6-9,16-17H,4-5,10-15H2,1H3,(H,29,31,33). The van der Waals surface area contributed by atoms with Crippen molar-refractivity contribution < 1.29 is 19.0 Å². The Morgan fingerprint density at radius 2 is 1.87 bits per heavy atom. The first kappa shape index (κ1) is 25.0. The van der Waals surface area contributed by atoms with E-state index in [1.807, 2.05) is 48.5 Å². The van der Waals surface area contributed by atoms with Crippen molar-refractivity contribution in [2.24, 2.45) is 0 Å². The van der Waals surface area contributed by atoms with Gasteiger partial charge in [-0.15, -0.1) is 0 Å². The summed E-state index contributed by atoms with van der Waals surface area (Å²) >= 11 is 2.90. The number of hydrogen-bond donors (Lipinski definition) is 1. The predicted octanol–water partition coefficient (Wildman–Crippen LogP) is 5.81. The van der Waals surface area contributed by atoms with Gasteiger partial charge in [-0.05, 0) is 54.4 Å². The molecular weight excluding hydrogens is 520 g/mol. The van der Waals surface area contributed by atoms with Crippen LogP contribution in [0.2, 0.25) is 0 Å². The number of morpholine rings is 1. The topological polar surface area (TPSA) is 85.8 Å². The van der Waals surface area contributed by atoms with Crippen LogP contribution in [0.4, 0.5) is 5.13 Å². The molecule has 1 N–H and O–H groups in total. The molecule has 0 unspecified atom stereocenters. The largest absolute Gasteiger partial charge is 0.493 e. The molecule has 6 rings (SSSR count). The van der Waals surface area contributed by atoms with E-state index in [1.165, 1.54) is 22.7 Å². The highest BCUT2D eigenvalue weighted by atomic mass is 32.1. The Morgan fingerprint density at radius 1 is 1.05 bits per heavy atom. The number of thiazole rings is 2. The van der Waals surface area contributed by atoms with Crippen molar-refractivity contribution in [2.45, 2.75) is 12.8 Å². The van der Waals surface area contributed by atoms with Crippen molar-refractivity contribution >= 4 is 64.9 Å². The summed E-state index contributed by atoms with van der Waals surface area (Å²) in [7, 11) is 1.61. The van der Waals surface area contributed by atoms with E-state index in [-0.39, 0.29) is 5.91 Å². The number of methoxy groups -OCH3 is 1. The number of anilines is 1. The summed E-state index contributed by atoms with van der Waals surface area (Å²) in [6.07, 6.45) is 1.95. The highest BCUT2D eigenvalue weighted by Crippen LogP contribution is 2.37. The Morgan fingerprint density at radius 3 is 2.68 bits per heavy atom. The number of nitrogens with zero attached hydrogens (tertiary/aromatic N) is 3. The second-order valence-electron chi connectivity index (χ2n) is 9.12. The molecule has 1 aliphatic rings.